The van der Waals surface area contributed by atoms with Gasteiger partial charge in [0.1, 0.15) is 5.60 Å². The van der Waals surface area contributed by atoms with Crippen molar-refractivity contribution in [3.05, 3.63) is 0 Å². The fourth-order valence-electron chi connectivity index (χ4n) is 1.73. The third-order valence-corrected chi connectivity index (χ3v) is 2.98. The van der Waals surface area contributed by atoms with Gasteiger partial charge in [-0.15, -0.1) is 11.6 Å². The van der Waals surface area contributed by atoms with E-state index >= 15 is 0 Å². The zero-order valence-corrected chi connectivity index (χ0v) is 10.3. The molecule has 0 aromatic carbocycles. The van der Waals surface area contributed by atoms with Crippen LogP contribution in [0.1, 0.15) is 39.5 Å². The molecule has 1 heterocycles. The monoisotopic (exact) mass is 233 g/mol. The van der Waals surface area contributed by atoms with Crippen LogP contribution in [0, 0.1) is 0 Å². The predicted octanol–water partition coefficient (Wildman–Crippen LogP) is 2.08. The van der Waals surface area contributed by atoms with E-state index in [0.29, 0.717) is 13.2 Å². The number of halogens is 1. The second-order valence-electron chi connectivity index (χ2n) is 4.36. The molecular weight excluding hydrogens is 214 g/mol. The Kier molecular flexibility index (Phi) is 4.87. The first-order valence-corrected chi connectivity index (χ1v) is 6.04. The van der Waals surface area contributed by atoms with Gasteiger partial charge in [-0.2, -0.15) is 0 Å². The Morgan fingerprint density at radius 3 is 2.93 bits per heavy atom. The van der Waals surface area contributed by atoms with Gasteiger partial charge in [0, 0.05) is 18.5 Å². The van der Waals surface area contributed by atoms with E-state index in [1.165, 1.54) is 0 Å². The summed E-state index contributed by atoms with van der Waals surface area (Å²) in [6.45, 7) is 5.21. The highest BCUT2D eigenvalue weighted by molar-refractivity contribution is 6.20. The zero-order chi connectivity index (χ0) is 11.3. The molecule has 15 heavy (non-hydrogen) atoms. The van der Waals surface area contributed by atoms with Crippen LogP contribution < -0.4 is 5.32 Å². The lowest BCUT2D eigenvalue weighted by Crippen LogP contribution is -2.44. The van der Waals surface area contributed by atoms with Gasteiger partial charge in [-0.1, -0.05) is 0 Å². The number of amides is 1. The topological polar surface area (TPSA) is 38.3 Å². The van der Waals surface area contributed by atoms with Crippen molar-refractivity contribution in [3.63, 3.8) is 0 Å². The van der Waals surface area contributed by atoms with E-state index in [-0.39, 0.29) is 11.3 Å². The number of carbonyl (C=O) groups excluding carboxylic acids is 1. The zero-order valence-electron chi connectivity index (χ0n) is 9.51. The molecule has 0 saturated carbocycles. The molecule has 3 nitrogen and oxygen atoms in total. The molecule has 1 aliphatic heterocycles. The van der Waals surface area contributed by atoms with Crippen LogP contribution in [0.25, 0.3) is 0 Å². The molecule has 4 heteroatoms. The number of hydrogen-bond donors (Lipinski definition) is 1. The van der Waals surface area contributed by atoms with Crippen molar-refractivity contribution >= 4 is 17.5 Å². The number of alkyl halides is 1. The van der Waals surface area contributed by atoms with Gasteiger partial charge >= 0.3 is 0 Å². The minimum absolute atomic E-state index is 0.0159. The first-order valence-electron chi connectivity index (χ1n) is 5.61. The molecule has 1 N–H and O–H groups in total. The van der Waals surface area contributed by atoms with Crippen LogP contribution in [0.3, 0.4) is 0 Å². The Hall–Kier alpha value is -0.280. The number of nitrogens with one attached hydrogen (secondary N) is 1. The minimum Gasteiger partial charge on any atom is -0.365 e. The van der Waals surface area contributed by atoms with Crippen LogP contribution in [-0.2, 0) is 9.53 Å². The number of hydrogen-bond acceptors (Lipinski definition) is 2. The van der Waals surface area contributed by atoms with Crippen molar-refractivity contribution in [2.45, 2.75) is 50.5 Å². The maximum Gasteiger partial charge on any atom is 0.251 e. The maximum atomic E-state index is 11.7. The molecular formula is C11H20ClNO2. The lowest BCUT2D eigenvalue weighted by Gasteiger charge is -2.21. The molecule has 0 radical (unpaired) electrons. The fraction of sp³-hybridized carbons (Fsp3) is 0.909. The summed E-state index contributed by atoms with van der Waals surface area (Å²) in [7, 11) is 0. The second-order valence-corrected chi connectivity index (χ2v) is 5.11. The Balaban J connectivity index is 2.18. The fourth-order valence-corrected chi connectivity index (χ4v) is 1.88. The molecule has 0 spiro atoms. The molecule has 2 atom stereocenters. The maximum absolute atomic E-state index is 11.7. The summed E-state index contributed by atoms with van der Waals surface area (Å²) in [4.78, 5) is 11.7. The van der Waals surface area contributed by atoms with Gasteiger partial charge in [0.25, 0.3) is 5.91 Å². The van der Waals surface area contributed by atoms with Crippen molar-refractivity contribution in [2.24, 2.45) is 0 Å². The lowest BCUT2D eigenvalue weighted by atomic mass is 10.0. The van der Waals surface area contributed by atoms with Crippen LogP contribution in [0.15, 0.2) is 0 Å². The van der Waals surface area contributed by atoms with Gasteiger partial charge in [0.15, 0.2) is 0 Å². The van der Waals surface area contributed by atoms with Gasteiger partial charge < -0.3 is 10.1 Å². The third kappa shape index (κ3) is 3.99. The first kappa shape index (κ1) is 12.8. The second kappa shape index (κ2) is 5.71. The highest BCUT2D eigenvalue weighted by atomic mass is 35.5. The van der Waals surface area contributed by atoms with Gasteiger partial charge in [-0.25, -0.2) is 0 Å². The Morgan fingerprint density at radius 2 is 2.40 bits per heavy atom. The normalized spacial score (nSPS) is 27.7. The smallest absolute Gasteiger partial charge is 0.251 e. The van der Waals surface area contributed by atoms with Crippen LogP contribution >= 0.6 is 11.6 Å². The van der Waals surface area contributed by atoms with Crippen molar-refractivity contribution in [1.82, 2.24) is 5.32 Å². The molecule has 2 unspecified atom stereocenters. The van der Waals surface area contributed by atoms with Gasteiger partial charge in [0.2, 0.25) is 0 Å². The van der Waals surface area contributed by atoms with Gasteiger partial charge in [0.05, 0.1) is 0 Å². The van der Waals surface area contributed by atoms with Crippen molar-refractivity contribution < 1.29 is 9.53 Å². The summed E-state index contributed by atoms with van der Waals surface area (Å²) in [5.41, 5.74) is -0.591. The molecule has 1 amide bonds. The van der Waals surface area contributed by atoms with Gasteiger partial charge in [-0.3, -0.25) is 4.79 Å². The van der Waals surface area contributed by atoms with Crippen LogP contribution in [0.4, 0.5) is 0 Å². The van der Waals surface area contributed by atoms with E-state index < -0.39 is 5.60 Å². The van der Waals surface area contributed by atoms with E-state index in [4.69, 9.17) is 16.3 Å². The SMILES string of the molecule is CC(Cl)CCCNC(=O)C1(C)CCCO1. The predicted molar refractivity (Wildman–Crippen MR) is 61.1 cm³/mol. The number of carbonyl (C=O) groups is 1. The van der Waals surface area contributed by atoms with E-state index in [1.807, 2.05) is 13.8 Å². The molecule has 0 bridgehead atoms. The summed E-state index contributed by atoms with van der Waals surface area (Å²) in [6, 6.07) is 0. The highest BCUT2D eigenvalue weighted by Crippen LogP contribution is 2.24. The van der Waals surface area contributed by atoms with E-state index in [0.717, 1.165) is 25.7 Å². The average molecular weight is 234 g/mol. The van der Waals surface area contributed by atoms with E-state index in [1.54, 1.807) is 0 Å². The van der Waals surface area contributed by atoms with Gasteiger partial charge in [-0.05, 0) is 39.5 Å². The van der Waals surface area contributed by atoms with Crippen LogP contribution in [-0.4, -0.2) is 30.0 Å². The Labute approximate surface area is 96.5 Å². The number of rotatable bonds is 5. The molecule has 1 fully saturated rings. The van der Waals surface area contributed by atoms with Crippen molar-refractivity contribution in [1.29, 1.82) is 0 Å². The summed E-state index contributed by atoms with van der Waals surface area (Å²) in [5.74, 6) is 0.0159. The minimum atomic E-state index is -0.591. The quantitative estimate of drug-likeness (QED) is 0.583. The van der Waals surface area contributed by atoms with E-state index in [2.05, 4.69) is 5.32 Å². The lowest BCUT2D eigenvalue weighted by molar-refractivity contribution is -0.139. The average Bonchev–Trinajstić information content (AvgIpc) is 2.60. The highest BCUT2D eigenvalue weighted by Gasteiger charge is 2.37. The summed E-state index contributed by atoms with van der Waals surface area (Å²) < 4.78 is 5.44. The molecule has 0 aliphatic carbocycles. The summed E-state index contributed by atoms with van der Waals surface area (Å²) in [5, 5.41) is 3.08. The number of ether oxygens (including phenoxy) is 1. The standard InChI is InChI=1S/C11H20ClNO2/c1-9(12)5-3-7-13-10(14)11(2)6-4-8-15-11/h9H,3-8H2,1-2H3,(H,13,14). The van der Waals surface area contributed by atoms with Crippen LogP contribution in [0.5, 0.6) is 0 Å². The van der Waals surface area contributed by atoms with Crippen molar-refractivity contribution in [3.8, 4) is 0 Å². The van der Waals surface area contributed by atoms with Crippen LogP contribution in [0.2, 0.25) is 0 Å². The Morgan fingerprint density at radius 1 is 1.67 bits per heavy atom. The summed E-state index contributed by atoms with van der Waals surface area (Å²) in [6.07, 6.45) is 3.65. The third-order valence-electron chi connectivity index (χ3n) is 2.76. The molecule has 1 aliphatic rings. The molecule has 0 aromatic rings. The largest absolute Gasteiger partial charge is 0.365 e. The molecule has 1 saturated heterocycles. The molecule has 88 valence electrons. The van der Waals surface area contributed by atoms with Crippen molar-refractivity contribution in [2.75, 3.05) is 13.2 Å². The first-order chi connectivity index (χ1) is 7.04. The van der Waals surface area contributed by atoms with E-state index in [9.17, 15) is 4.79 Å². The molecule has 1 rings (SSSR count). The Bertz CT molecular complexity index is 213. The summed E-state index contributed by atoms with van der Waals surface area (Å²) >= 11 is 5.81. The molecule has 0 aromatic heterocycles.